The van der Waals surface area contributed by atoms with E-state index in [2.05, 4.69) is 0 Å². The van der Waals surface area contributed by atoms with E-state index < -0.39 is 0 Å². The van der Waals surface area contributed by atoms with Gasteiger partial charge in [-0.05, 0) is 32.1 Å². The topological polar surface area (TPSA) is 43.1 Å². The van der Waals surface area contributed by atoms with Gasteiger partial charge in [-0.25, -0.2) is 0 Å². The van der Waals surface area contributed by atoms with Gasteiger partial charge in [0.05, 0.1) is 0 Å². The van der Waals surface area contributed by atoms with E-state index in [1.807, 2.05) is 0 Å². The maximum atomic E-state index is 11.8. The Bertz CT molecular complexity index is 202. The van der Waals surface area contributed by atoms with E-state index in [4.69, 9.17) is 5.73 Å². The van der Waals surface area contributed by atoms with Gasteiger partial charge in [-0.15, -0.1) is 0 Å². The number of hydrogen-bond acceptors (Lipinski definition) is 2. The molecule has 0 aromatic heterocycles. The zero-order chi connectivity index (χ0) is 9.31. The summed E-state index contributed by atoms with van der Waals surface area (Å²) in [7, 11) is 0. The van der Waals surface area contributed by atoms with E-state index >= 15 is 0 Å². The highest BCUT2D eigenvalue weighted by Gasteiger charge is 2.36. The summed E-state index contributed by atoms with van der Waals surface area (Å²) in [6.45, 7) is 0. The standard InChI is InChI=1S/C11H19NO/c12-11(6-3-7-11)8-10(13)9-4-1-2-5-9/h9H,1-8,12H2. The number of hydrogen-bond donors (Lipinski definition) is 1. The SMILES string of the molecule is NC1(CC(=O)C2CCCC2)CCC1. The summed E-state index contributed by atoms with van der Waals surface area (Å²) >= 11 is 0. The maximum absolute atomic E-state index is 11.8. The highest BCUT2D eigenvalue weighted by Crippen LogP contribution is 2.35. The van der Waals surface area contributed by atoms with Crippen LogP contribution in [0.1, 0.15) is 51.4 Å². The molecule has 0 unspecified atom stereocenters. The molecule has 0 radical (unpaired) electrons. The van der Waals surface area contributed by atoms with Crippen molar-refractivity contribution < 1.29 is 4.79 Å². The Kier molecular flexibility index (Phi) is 2.41. The molecule has 0 spiro atoms. The van der Waals surface area contributed by atoms with Crippen molar-refractivity contribution >= 4 is 5.78 Å². The number of nitrogens with two attached hydrogens (primary N) is 1. The molecular formula is C11H19NO. The van der Waals surface area contributed by atoms with Crippen LogP contribution in [0.4, 0.5) is 0 Å². The van der Waals surface area contributed by atoms with Crippen LogP contribution in [0.25, 0.3) is 0 Å². The molecule has 2 saturated carbocycles. The second-order valence-corrected chi connectivity index (χ2v) is 4.84. The van der Waals surface area contributed by atoms with Crippen molar-refractivity contribution in [1.29, 1.82) is 0 Å². The molecule has 0 heterocycles. The van der Waals surface area contributed by atoms with Gasteiger partial charge in [-0.2, -0.15) is 0 Å². The molecule has 0 amide bonds. The number of carbonyl (C=O) groups is 1. The van der Waals surface area contributed by atoms with Crippen molar-refractivity contribution in [1.82, 2.24) is 0 Å². The molecule has 0 saturated heterocycles. The molecule has 74 valence electrons. The lowest BCUT2D eigenvalue weighted by molar-refractivity contribution is -0.124. The Morgan fingerprint density at radius 3 is 2.31 bits per heavy atom. The molecule has 0 aromatic rings. The summed E-state index contributed by atoms with van der Waals surface area (Å²) in [5, 5.41) is 0. The summed E-state index contributed by atoms with van der Waals surface area (Å²) in [5.41, 5.74) is 5.95. The van der Waals surface area contributed by atoms with Gasteiger partial charge in [0.15, 0.2) is 0 Å². The number of Topliss-reactive ketones (excluding diaryl/α,β-unsaturated/α-hetero) is 1. The molecule has 0 bridgehead atoms. The average molecular weight is 181 g/mol. The third-order valence-corrected chi connectivity index (χ3v) is 3.69. The van der Waals surface area contributed by atoms with Crippen LogP contribution in [0.5, 0.6) is 0 Å². The molecule has 0 atom stereocenters. The van der Waals surface area contributed by atoms with Crippen LogP contribution < -0.4 is 5.73 Å². The Hall–Kier alpha value is -0.370. The van der Waals surface area contributed by atoms with Crippen LogP contribution in [0.2, 0.25) is 0 Å². The second kappa shape index (κ2) is 3.41. The fourth-order valence-corrected chi connectivity index (χ4v) is 2.55. The van der Waals surface area contributed by atoms with E-state index in [0.29, 0.717) is 18.1 Å². The lowest BCUT2D eigenvalue weighted by Crippen LogP contribution is -2.48. The van der Waals surface area contributed by atoms with E-state index in [1.165, 1.54) is 19.3 Å². The third kappa shape index (κ3) is 1.93. The summed E-state index contributed by atoms with van der Waals surface area (Å²) in [6.07, 6.45) is 8.72. The lowest BCUT2D eigenvalue weighted by atomic mass is 9.73. The van der Waals surface area contributed by atoms with Crippen molar-refractivity contribution in [2.24, 2.45) is 11.7 Å². The maximum Gasteiger partial charge on any atom is 0.137 e. The molecule has 0 aromatic carbocycles. The van der Waals surface area contributed by atoms with Gasteiger partial charge in [-0.3, -0.25) is 4.79 Å². The largest absolute Gasteiger partial charge is 0.325 e. The third-order valence-electron chi connectivity index (χ3n) is 3.69. The molecule has 2 aliphatic rings. The van der Waals surface area contributed by atoms with Crippen molar-refractivity contribution in [3.05, 3.63) is 0 Å². The smallest absolute Gasteiger partial charge is 0.137 e. The van der Waals surface area contributed by atoms with Gasteiger partial charge >= 0.3 is 0 Å². The minimum Gasteiger partial charge on any atom is -0.325 e. The molecule has 2 aliphatic carbocycles. The highest BCUT2D eigenvalue weighted by molar-refractivity contribution is 5.82. The number of carbonyl (C=O) groups excluding carboxylic acids is 1. The quantitative estimate of drug-likeness (QED) is 0.723. The second-order valence-electron chi connectivity index (χ2n) is 4.84. The Balaban J connectivity index is 1.83. The van der Waals surface area contributed by atoms with Crippen LogP contribution in [0.15, 0.2) is 0 Å². The first kappa shape index (κ1) is 9.20. The number of rotatable bonds is 3. The Labute approximate surface area is 79.9 Å². The van der Waals surface area contributed by atoms with Crippen LogP contribution >= 0.6 is 0 Å². The van der Waals surface area contributed by atoms with Gasteiger partial charge in [0.2, 0.25) is 0 Å². The van der Waals surface area contributed by atoms with Crippen molar-refractivity contribution in [3.8, 4) is 0 Å². The first-order valence-corrected chi connectivity index (χ1v) is 5.51. The molecule has 2 rings (SSSR count). The minimum absolute atomic E-state index is 0.0975. The van der Waals surface area contributed by atoms with E-state index in [-0.39, 0.29) is 5.54 Å². The van der Waals surface area contributed by atoms with E-state index in [1.54, 1.807) is 0 Å². The first-order chi connectivity index (χ1) is 6.20. The van der Waals surface area contributed by atoms with E-state index in [0.717, 1.165) is 25.7 Å². The minimum atomic E-state index is -0.0975. The van der Waals surface area contributed by atoms with Crippen molar-refractivity contribution in [2.75, 3.05) is 0 Å². The van der Waals surface area contributed by atoms with Crippen LogP contribution in [0, 0.1) is 5.92 Å². The van der Waals surface area contributed by atoms with Gasteiger partial charge in [0.25, 0.3) is 0 Å². The van der Waals surface area contributed by atoms with Crippen LogP contribution in [-0.4, -0.2) is 11.3 Å². The first-order valence-electron chi connectivity index (χ1n) is 5.51. The monoisotopic (exact) mass is 181 g/mol. The lowest BCUT2D eigenvalue weighted by Gasteiger charge is -2.38. The molecular weight excluding hydrogens is 162 g/mol. The summed E-state index contributed by atoms with van der Waals surface area (Å²) in [5.74, 6) is 0.806. The van der Waals surface area contributed by atoms with Gasteiger partial charge < -0.3 is 5.73 Å². The zero-order valence-corrected chi connectivity index (χ0v) is 8.22. The predicted octanol–water partition coefficient (Wildman–Crippen LogP) is 2.02. The highest BCUT2D eigenvalue weighted by atomic mass is 16.1. The molecule has 13 heavy (non-hydrogen) atoms. The Morgan fingerprint density at radius 1 is 1.23 bits per heavy atom. The average Bonchev–Trinajstić information content (AvgIpc) is 2.53. The molecule has 2 heteroatoms. The molecule has 2 N–H and O–H groups in total. The molecule has 0 aliphatic heterocycles. The van der Waals surface area contributed by atoms with Crippen LogP contribution in [-0.2, 0) is 4.79 Å². The van der Waals surface area contributed by atoms with E-state index in [9.17, 15) is 4.79 Å². The summed E-state index contributed by atoms with van der Waals surface area (Å²) in [6, 6.07) is 0. The summed E-state index contributed by atoms with van der Waals surface area (Å²) < 4.78 is 0. The molecule has 2 nitrogen and oxygen atoms in total. The van der Waals surface area contributed by atoms with Gasteiger partial charge in [-0.1, -0.05) is 12.8 Å². The van der Waals surface area contributed by atoms with Crippen molar-refractivity contribution in [3.63, 3.8) is 0 Å². The predicted molar refractivity (Wildman–Crippen MR) is 52.4 cm³/mol. The van der Waals surface area contributed by atoms with Crippen LogP contribution in [0.3, 0.4) is 0 Å². The fourth-order valence-electron chi connectivity index (χ4n) is 2.55. The Morgan fingerprint density at radius 2 is 1.85 bits per heavy atom. The zero-order valence-electron chi connectivity index (χ0n) is 8.22. The van der Waals surface area contributed by atoms with Crippen molar-refractivity contribution in [2.45, 2.75) is 56.9 Å². The number of ketones is 1. The molecule has 2 fully saturated rings. The normalized spacial score (nSPS) is 27.2. The fraction of sp³-hybridized carbons (Fsp3) is 0.909. The summed E-state index contributed by atoms with van der Waals surface area (Å²) in [4.78, 5) is 11.8. The van der Waals surface area contributed by atoms with Gasteiger partial charge in [0, 0.05) is 17.9 Å². The van der Waals surface area contributed by atoms with Gasteiger partial charge in [0.1, 0.15) is 5.78 Å².